The van der Waals surface area contributed by atoms with Crippen molar-refractivity contribution in [1.82, 2.24) is 9.97 Å². The summed E-state index contributed by atoms with van der Waals surface area (Å²) in [6.07, 6.45) is 5.65. The Morgan fingerprint density at radius 1 is 1.38 bits per heavy atom. The van der Waals surface area contributed by atoms with Gasteiger partial charge in [0.05, 0.1) is 11.8 Å². The number of rotatable bonds is 4. The lowest BCUT2D eigenvalue weighted by molar-refractivity contribution is 0.218. The van der Waals surface area contributed by atoms with Gasteiger partial charge in [-0.1, -0.05) is 32.9 Å². The normalized spacial score (nSPS) is 16.1. The third kappa shape index (κ3) is 4.82. The van der Waals surface area contributed by atoms with Crippen molar-refractivity contribution in [2.45, 2.75) is 40.0 Å². The topological polar surface area (TPSA) is 71.2 Å². The SMILES string of the molecule is CC(C)(C)[C@@H]1CCc2c(sc(N=Cc3cccc(Oc4nc(Cl)ncc4F)c3)c2C#N)C1. The van der Waals surface area contributed by atoms with Crippen molar-refractivity contribution in [3.05, 3.63) is 63.1 Å². The zero-order valence-corrected chi connectivity index (χ0v) is 19.6. The number of nitrogens with zero attached hydrogens (tertiary/aromatic N) is 4. The lowest BCUT2D eigenvalue weighted by Gasteiger charge is -2.33. The number of nitriles is 1. The predicted octanol–water partition coefficient (Wildman–Crippen LogP) is 6.90. The Hall–Kier alpha value is -2.82. The zero-order chi connectivity index (χ0) is 22.9. The number of benzene rings is 1. The van der Waals surface area contributed by atoms with Crippen molar-refractivity contribution in [1.29, 1.82) is 5.26 Å². The highest BCUT2D eigenvalue weighted by Gasteiger charge is 2.32. The zero-order valence-electron chi connectivity index (χ0n) is 18.0. The van der Waals surface area contributed by atoms with Crippen LogP contribution in [0.4, 0.5) is 9.39 Å². The van der Waals surface area contributed by atoms with Crippen LogP contribution >= 0.6 is 22.9 Å². The highest BCUT2D eigenvalue weighted by Crippen LogP contribution is 2.44. The van der Waals surface area contributed by atoms with E-state index in [-0.39, 0.29) is 16.6 Å². The molecule has 1 aliphatic carbocycles. The van der Waals surface area contributed by atoms with Gasteiger partial charge in [0.15, 0.2) is 0 Å². The van der Waals surface area contributed by atoms with Crippen LogP contribution in [0.2, 0.25) is 5.28 Å². The van der Waals surface area contributed by atoms with Crippen LogP contribution in [0, 0.1) is 28.5 Å². The minimum Gasteiger partial charge on any atom is -0.436 e. The second kappa shape index (κ2) is 8.97. The minimum atomic E-state index is -0.704. The summed E-state index contributed by atoms with van der Waals surface area (Å²) < 4.78 is 19.4. The third-order valence-corrected chi connectivity index (χ3v) is 7.01. The van der Waals surface area contributed by atoms with E-state index in [4.69, 9.17) is 16.3 Å². The van der Waals surface area contributed by atoms with E-state index in [0.717, 1.165) is 41.6 Å². The Labute approximate surface area is 195 Å². The van der Waals surface area contributed by atoms with E-state index in [1.165, 1.54) is 4.88 Å². The lowest BCUT2D eigenvalue weighted by Crippen LogP contribution is -2.26. The monoisotopic (exact) mass is 468 g/mol. The quantitative estimate of drug-likeness (QED) is 0.308. The number of aromatic nitrogens is 2. The van der Waals surface area contributed by atoms with Gasteiger partial charge in [-0.05, 0) is 65.5 Å². The number of fused-ring (bicyclic) bond motifs is 1. The summed E-state index contributed by atoms with van der Waals surface area (Å²) >= 11 is 7.33. The predicted molar refractivity (Wildman–Crippen MR) is 125 cm³/mol. The van der Waals surface area contributed by atoms with Crippen molar-refractivity contribution in [3.8, 4) is 17.7 Å². The second-order valence-corrected chi connectivity index (χ2v) is 10.2. The van der Waals surface area contributed by atoms with E-state index in [2.05, 4.69) is 41.8 Å². The molecule has 0 N–H and O–H groups in total. The first kappa shape index (κ1) is 22.4. The van der Waals surface area contributed by atoms with Crippen LogP contribution in [0.15, 0.2) is 35.5 Å². The summed E-state index contributed by atoms with van der Waals surface area (Å²) in [7, 11) is 0. The maximum atomic E-state index is 13.9. The smallest absolute Gasteiger partial charge is 0.260 e. The van der Waals surface area contributed by atoms with Gasteiger partial charge in [-0.3, -0.25) is 0 Å². The summed E-state index contributed by atoms with van der Waals surface area (Å²) in [5.41, 5.74) is 2.83. The molecule has 0 spiro atoms. The molecule has 4 rings (SSSR count). The first-order chi connectivity index (χ1) is 15.2. The van der Waals surface area contributed by atoms with Crippen molar-refractivity contribution in [3.63, 3.8) is 0 Å². The van der Waals surface area contributed by atoms with Gasteiger partial charge < -0.3 is 4.74 Å². The molecule has 1 aromatic carbocycles. The maximum Gasteiger partial charge on any atom is 0.260 e. The maximum absolute atomic E-state index is 13.9. The van der Waals surface area contributed by atoms with Crippen LogP contribution in [0.1, 0.15) is 48.8 Å². The number of aliphatic imine (C=N–C) groups is 1. The van der Waals surface area contributed by atoms with Gasteiger partial charge in [-0.15, -0.1) is 11.3 Å². The first-order valence-corrected chi connectivity index (χ1v) is 11.5. The van der Waals surface area contributed by atoms with E-state index < -0.39 is 5.82 Å². The molecule has 0 amide bonds. The fourth-order valence-corrected chi connectivity index (χ4v) is 5.17. The minimum absolute atomic E-state index is 0.0986. The molecule has 0 unspecified atom stereocenters. The molecule has 32 heavy (non-hydrogen) atoms. The molecule has 0 saturated heterocycles. The molecule has 8 heteroatoms. The van der Waals surface area contributed by atoms with Crippen LogP contribution < -0.4 is 4.74 Å². The third-order valence-electron chi connectivity index (χ3n) is 5.67. The fourth-order valence-electron chi connectivity index (χ4n) is 3.82. The number of thiophene rings is 1. The first-order valence-electron chi connectivity index (χ1n) is 10.3. The Morgan fingerprint density at radius 3 is 2.94 bits per heavy atom. The van der Waals surface area contributed by atoms with Crippen LogP contribution in [0.3, 0.4) is 0 Å². The molecule has 0 aliphatic heterocycles. The van der Waals surface area contributed by atoms with Crippen LogP contribution in [0.5, 0.6) is 11.6 Å². The Balaban J connectivity index is 1.57. The van der Waals surface area contributed by atoms with Crippen molar-refractivity contribution in [2.24, 2.45) is 16.3 Å². The molecule has 0 bridgehead atoms. The Kier molecular flexibility index (Phi) is 6.27. The number of hydrogen-bond acceptors (Lipinski definition) is 6. The molecule has 3 aromatic rings. The highest BCUT2D eigenvalue weighted by atomic mass is 35.5. The standard InChI is InChI=1S/C24H22ClFN4OS/c1-24(2,3)15-7-8-17-18(11-27)22(32-20(17)10-15)28-12-14-5-4-6-16(9-14)31-21-19(26)13-29-23(25)30-21/h4-6,9,12-13,15H,7-8,10H2,1-3H3/t15-/m1/s1. The molecule has 2 heterocycles. The highest BCUT2D eigenvalue weighted by molar-refractivity contribution is 7.16. The average Bonchev–Trinajstić information content (AvgIpc) is 3.11. The van der Waals surface area contributed by atoms with E-state index in [0.29, 0.717) is 17.2 Å². The van der Waals surface area contributed by atoms with Crippen molar-refractivity contribution < 1.29 is 9.13 Å². The molecule has 164 valence electrons. The van der Waals surface area contributed by atoms with Gasteiger partial charge >= 0.3 is 0 Å². The molecule has 0 fully saturated rings. The summed E-state index contributed by atoms with van der Waals surface area (Å²) in [6.45, 7) is 6.82. The van der Waals surface area contributed by atoms with Gasteiger partial charge in [-0.2, -0.15) is 14.6 Å². The number of halogens is 2. The van der Waals surface area contributed by atoms with Gasteiger partial charge in [0.1, 0.15) is 16.8 Å². The fraction of sp³-hybridized carbons (Fsp3) is 0.333. The Bertz CT molecular complexity index is 1230. The van der Waals surface area contributed by atoms with Crippen molar-refractivity contribution >= 4 is 34.2 Å². The van der Waals surface area contributed by atoms with Gasteiger partial charge in [0.2, 0.25) is 11.1 Å². The molecular weight excluding hydrogens is 447 g/mol. The van der Waals surface area contributed by atoms with Gasteiger partial charge in [0.25, 0.3) is 5.88 Å². The van der Waals surface area contributed by atoms with Crippen LogP contribution in [0.25, 0.3) is 0 Å². The molecule has 1 atom stereocenters. The largest absolute Gasteiger partial charge is 0.436 e. The summed E-state index contributed by atoms with van der Waals surface area (Å²) in [4.78, 5) is 13.2. The van der Waals surface area contributed by atoms with Crippen molar-refractivity contribution in [2.75, 3.05) is 0 Å². The average molecular weight is 469 g/mol. The van der Waals surface area contributed by atoms with E-state index in [1.54, 1.807) is 35.8 Å². The lowest BCUT2D eigenvalue weighted by atomic mass is 9.72. The van der Waals surface area contributed by atoms with Crippen LogP contribution in [-0.4, -0.2) is 16.2 Å². The molecule has 5 nitrogen and oxygen atoms in total. The van der Waals surface area contributed by atoms with Gasteiger partial charge in [-0.25, -0.2) is 9.98 Å². The number of hydrogen-bond donors (Lipinski definition) is 0. The summed E-state index contributed by atoms with van der Waals surface area (Å²) in [5, 5.41) is 10.4. The molecular formula is C24H22ClFN4OS. The van der Waals surface area contributed by atoms with E-state index >= 15 is 0 Å². The Morgan fingerprint density at radius 2 is 2.19 bits per heavy atom. The molecule has 2 aromatic heterocycles. The molecule has 0 saturated carbocycles. The second-order valence-electron chi connectivity index (χ2n) is 8.83. The summed E-state index contributed by atoms with van der Waals surface area (Å²) in [6, 6.07) is 9.38. The molecule has 1 aliphatic rings. The number of ether oxygens (including phenoxy) is 1. The van der Waals surface area contributed by atoms with Gasteiger partial charge in [0, 0.05) is 11.1 Å². The van der Waals surface area contributed by atoms with E-state index in [9.17, 15) is 9.65 Å². The van der Waals surface area contributed by atoms with Crippen LogP contribution in [-0.2, 0) is 12.8 Å². The van der Waals surface area contributed by atoms with E-state index in [1.807, 2.05) is 6.07 Å². The summed E-state index contributed by atoms with van der Waals surface area (Å²) in [5.74, 6) is 0.0400. The molecule has 0 radical (unpaired) electrons.